The number of para-hydroxylation sites is 1. The standard InChI is InChI=1S/C23H23N3O5/c1-31-22(29)17-9-7-16(8-10-17)21(28)24-13-11-18(12-14-24)25-15-20(27)26(23(25)30)19-5-3-2-4-6-19/h2-10,18H,11-15H2,1H3. The SMILES string of the molecule is COC(=O)c1ccc(C(=O)N2CCC(N3CC(=O)N(c4ccccc4)C3=O)CC2)cc1. The van der Waals surface area contributed by atoms with E-state index >= 15 is 0 Å². The van der Waals surface area contributed by atoms with Gasteiger partial charge in [0.15, 0.2) is 0 Å². The number of rotatable bonds is 4. The van der Waals surface area contributed by atoms with Crippen molar-refractivity contribution in [2.45, 2.75) is 18.9 Å². The molecule has 2 aromatic carbocycles. The summed E-state index contributed by atoms with van der Waals surface area (Å²) in [6.45, 7) is 1.04. The number of piperidine rings is 1. The first-order chi connectivity index (χ1) is 15.0. The van der Waals surface area contributed by atoms with E-state index in [2.05, 4.69) is 4.74 Å². The second-order valence-electron chi connectivity index (χ2n) is 7.57. The lowest BCUT2D eigenvalue weighted by Crippen LogP contribution is -2.48. The lowest BCUT2D eigenvalue weighted by Gasteiger charge is -2.36. The van der Waals surface area contributed by atoms with E-state index in [0.717, 1.165) is 0 Å². The van der Waals surface area contributed by atoms with Crippen LogP contribution in [-0.4, -0.2) is 66.4 Å². The molecule has 0 aromatic heterocycles. The highest BCUT2D eigenvalue weighted by molar-refractivity contribution is 6.19. The minimum Gasteiger partial charge on any atom is -0.465 e. The number of hydrogen-bond acceptors (Lipinski definition) is 5. The fourth-order valence-electron chi connectivity index (χ4n) is 4.07. The Balaban J connectivity index is 1.37. The van der Waals surface area contributed by atoms with E-state index < -0.39 is 5.97 Å². The molecule has 0 saturated carbocycles. The van der Waals surface area contributed by atoms with Crippen molar-refractivity contribution in [3.05, 3.63) is 65.7 Å². The molecule has 0 spiro atoms. The van der Waals surface area contributed by atoms with Gasteiger partial charge >= 0.3 is 12.0 Å². The van der Waals surface area contributed by atoms with Gasteiger partial charge < -0.3 is 14.5 Å². The third-order valence-electron chi connectivity index (χ3n) is 5.75. The predicted molar refractivity (Wildman–Crippen MR) is 113 cm³/mol. The predicted octanol–water partition coefficient (Wildman–Crippen LogP) is 2.55. The molecule has 2 aromatic rings. The molecule has 0 radical (unpaired) electrons. The van der Waals surface area contributed by atoms with Crippen LogP contribution in [0.3, 0.4) is 0 Å². The maximum atomic E-state index is 12.9. The Morgan fingerprint density at radius 1 is 0.903 bits per heavy atom. The Morgan fingerprint density at radius 2 is 1.52 bits per heavy atom. The highest BCUT2D eigenvalue weighted by Gasteiger charge is 2.41. The summed E-state index contributed by atoms with van der Waals surface area (Å²) in [6, 6.07) is 14.9. The van der Waals surface area contributed by atoms with Crippen molar-refractivity contribution in [1.82, 2.24) is 9.80 Å². The molecule has 8 heteroatoms. The molecule has 4 amide bonds. The van der Waals surface area contributed by atoms with Crippen LogP contribution in [0.1, 0.15) is 33.6 Å². The number of carbonyl (C=O) groups excluding carboxylic acids is 4. The molecule has 2 fully saturated rings. The molecule has 31 heavy (non-hydrogen) atoms. The minimum absolute atomic E-state index is 0.0569. The maximum absolute atomic E-state index is 12.9. The molecule has 2 saturated heterocycles. The number of nitrogens with zero attached hydrogens (tertiary/aromatic N) is 3. The van der Waals surface area contributed by atoms with Gasteiger partial charge in [0.05, 0.1) is 18.4 Å². The molecule has 2 aliphatic rings. The highest BCUT2D eigenvalue weighted by Crippen LogP contribution is 2.26. The average Bonchev–Trinajstić information content (AvgIpc) is 3.12. The summed E-state index contributed by atoms with van der Waals surface area (Å²) in [5.41, 5.74) is 1.45. The zero-order valence-electron chi connectivity index (χ0n) is 17.2. The lowest BCUT2D eigenvalue weighted by atomic mass is 10.0. The van der Waals surface area contributed by atoms with Crippen molar-refractivity contribution in [3.8, 4) is 0 Å². The van der Waals surface area contributed by atoms with Gasteiger partial charge in [-0.1, -0.05) is 18.2 Å². The Morgan fingerprint density at radius 3 is 2.13 bits per heavy atom. The van der Waals surface area contributed by atoms with Gasteiger partial charge in [-0.25, -0.2) is 14.5 Å². The first-order valence-corrected chi connectivity index (χ1v) is 10.2. The summed E-state index contributed by atoms with van der Waals surface area (Å²) in [7, 11) is 1.31. The quantitative estimate of drug-likeness (QED) is 0.559. The Kier molecular flexibility index (Phi) is 5.70. The van der Waals surface area contributed by atoms with Crippen LogP contribution in [0, 0.1) is 0 Å². The molecule has 160 valence electrons. The lowest BCUT2D eigenvalue weighted by molar-refractivity contribution is -0.116. The first-order valence-electron chi connectivity index (χ1n) is 10.2. The van der Waals surface area contributed by atoms with Crippen LogP contribution >= 0.6 is 0 Å². The smallest absolute Gasteiger partial charge is 0.337 e. The van der Waals surface area contributed by atoms with Gasteiger partial charge in [-0.15, -0.1) is 0 Å². The van der Waals surface area contributed by atoms with Gasteiger partial charge in [-0.3, -0.25) is 9.59 Å². The molecule has 0 bridgehead atoms. The Bertz CT molecular complexity index is 998. The summed E-state index contributed by atoms with van der Waals surface area (Å²) in [5.74, 6) is -0.806. The topological polar surface area (TPSA) is 87.2 Å². The normalized spacial score (nSPS) is 17.3. The van der Waals surface area contributed by atoms with E-state index in [4.69, 9.17) is 0 Å². The third kappa shape index (κ3) is 4.01. The largest absolute Gasteiger partial charge is 0.465 e. The number of amides is 4. The van der Waals surface area contributed by atoms with E-state index in [0.29, 0.717) is 42.7 Å². The van der Waals surface area contributed by atoms with Crippen LogP contribution in [0.15, 0.2) is 54.6 Å². The van der Waals surface area contributed by atoms with Crippen molar-refractivity contribution >= 4 is 29.5 Å². The van der Waals surface area contributed by atoms with Crippen molar-refractivity contribution in [1.29, 1.82) is 0 Å². The van der Waals surface area contributed by atoms with Crippen molar-refractivity contribution in [2.75, 3.05) is 31.6 Å². The minimum atomic E-state index is -0.450. The molecule has 2 aliphatic heterocycles. The highest BCUT2D eigenvalue weighted by atomic mass is 16.5. The molecule has 8 nitrogen and oxygen atoms in total. The first kappa shape index (κ1) is 20.6. The number of imide groups is 1. The average molecular weight is 421 g/mol. The number of likely N-dealkylation sites (tertiary alicyclic amines) is 1. The number of urea groups is 1. The number of benzene rings is 2. The molecule has 0 N–H and O–H groups in total. The van der Waals surface area contributed by atoms with Crippen LogP contribution in [0.25, 0.3) is 0 Å². The number of ether oxygens (including phenoxy) is 1. The number of esters is 1. The van der Waals surface area contributed by atoms with Crippen molar-refractivity contribution in [3.63, 3.8) is 0 Å². The fourth-order valence-corrected chi connectivity index (χ4v) is 4.07. The Labute approximate surface area is 180 Å². The van der Waals surface area contributed by atoms with E-state index in [1.165, 1.54) is 12.0 Å². The van der Waals surface area contributed by atoms with Crippen LogP contribution in [-0.2, 0) is 9.53 Å². The summed E-state index contributed by atoms with van der Waals surface area (Å²) in [5, 5.41) is 0. The summed E-state index contributed by atoms with van der Waals surface area (Å²) in [4.78, 5) is 54.3. The van der Waals surface area contributed by atoms with Gasteiger partial charge in [-0.05, 0) is 49.2 Å². The number of methoxy groups -OCH3 is 1. The molecular formula is C23H23N3O5. The van der Waals surface area contributed by atoms with Gasteiger partial charge in [0.1, 0.15) is 6.54 Å². The zero-order valence-corrected chi connectivity index (χ0v) is 17.2. The van der Waals surface area contributed by atoms with Gasteiger partial charge in [0, 0.05) is 24.7 Å². The number of carbonyl (C=O) groups is 4. The third-order valence-corrected chi connectivity index (χ3v) is 5.75. The molecule has 0 aliphatic carbocycles. The van der Waals surface area contributed by atoms with Gasteiger partial charge in [0.2, 0.25) is 0 Å². The van der Waals surface area contributed by atoms with E-state index in [1.54, 1.807) is 58.3 Å². The molecule has 0 atom stereocenters. The Hall–Kier alpha value is -3.68. The number of hydrogen-bond donors (Lipinski definition) is 0. The van der Waals surface area contributed by atoms with Crippen LogP contribution in [0.2, 0.25) is 0 Å². The van der Waals surface area contributed by atoms with Crippen LogP contribution in [0.4, 0.5) is 10.5 Å². The van der Waals surface area contributed by atoms with Crippen LogP contribution < -0.4 is 4.90 Å². The summed E-state index contributed by atoms with van der Waals surface area (Å²) >= 11 is 0. The molecule has 2 heterocycles. The second-order valence-corrected chi connectivity index (χ2v) is 7.57. The molecule has 0 unspecified atom stereocenters. The fraction of sp³-hybridized carbons (Fsp3) is 0.304. The summed E-state index contributed by atoms with van der Waals surface area (Å²) < 4.78 is 4.67. The van der Waals surface area contributed by atoms with E-state index in [1.807, 2.05) is 6.07 Å². The second kappa shape index (κ2) is 8.59. The monoisotopic (exact) mass is 421 g/mol. The molecule has 4 rings (SSSR count). The van der Waals surface area contributed by atoms with Crippen molar-refractivity contribution < 1.29 is 23.9 Å². The van der Waals surface area contributed by atoms with Crippen LogP contribution in [0.5, 0.6) is 0 Å². The maximum Gasteiger partial charge on any atom is 0.337 e. The number of anilines is 1. The summed E-state index contributed by atoms with van der Waals surface area (Å²) in [6.07, 6.45) is 1.21. The zero-order chi connectivity index (χ0) is 22.0. The van der Waals surface area contributed by atoms with Crippen molar-refractivity contribution in [2.24, 2.45) is 0 Å². The van der Waals surface area contributed by atoms with Gasteiger partial charge in [-0.2, -0.15) is 0 Å². The molecular weight excluding hydrogens is 398 g/mol. The van der Waals surface area contributed by atoms with E-state index in [-0.39, 0.29) is 30.4 Å². The van der Waals surface area contributed by atoms with Gasteiger partial charge in [0.25, 0.3) is 11.8 Å². The van der Waals surface area contributed by atoms with E-state index in [9.17, 15) is 19.2 Å².